The molecule has 5 rings (SSSR count). The van der Waals surface area contributed by atoms with Crippen LogP contribution in [-0.4, -0.2) is 45.1 Å². The summed E-state index contributed by atoms with van der Waals surface area (Å²) in [5, 5.41) is 6.45. The van der Waals surface area contributed by atoms with Crippen LogP contribution in [0.5, 0.6) is 0 Å². The summed E-state index contributed by atoms with van der Waals surface area (Å²) in [6, 6.07) is 8.36. The van der Waals surface area contributed by atoms with Crippen molar-refractivity contribution in [2.24, 2.45) is 18.9 Å². The van der Waals surface area contributed by atoms with E-state index >= 15 is 0 Å². The monoisotopic (exact) mass is 346 g/mol. The van der Waals surface area contributed by atoms with E-state index in [2.05, 4.69) is 39.2 Å². The van der Waals surface area contributed by atoms with Gasteiger partial charge in [0.05, 0.1) is 19.2 Å². The van der Waals surface area contributed by atoms with E-state index in [0.717, 1.165) is 52.5 Å². The van der Waals surface area contributed by atoms with Crippen molar-refractivity contribution in [1.29, 1.82) is 0 Å². The number of ketones is 1. The Morgan fingerprint density at radius 2 is 1.96 bits per heavy atom. The van der Waals surface area contributed by atoms with E-state index in [1.165, 1.54) is 6.42 Å². The zero-order chi connectivity index (χ0) is 17.7. The van der Waals surface area contributed by atoms with Crippen LogP contribution in [0.4, 0.5) is 0 Å². The largest absolute Gasteiger partial charge is 0.298 e. The number of carbonyl (C=O) groups excluding carboxylic acids is 1. The minimum absolute atomic E-state index is 0.265. The van der Waals surface area contributed by atoms with Crippen molar-refractivity contribution in [2.75, 3.05) is 19.6 Å². The third-order valence-electron chi connectivity index (χ3n) is 5.65. The van der Waals surface area contributed by atoms with Crippen molar-refractivity contribution in [3.05, 3.63) is 48.5 Å². The minimum Gasteiger partial charge on any atom is -0.298 e. The van der Waals surface area contributed by atoms with Crippen molar-refractivity contribution in [2.45, 2.75) is 12.8 Å². The lowest BCUT2D eigenvalue weighted by molar-refractivity contribution is -0.119. The Hall–Kier alpha value is -2.53. The summed E-state index contributed by atoms with van der Waals surface area (Å²) in [4.78, 5) is 19.2. The molecule has 2 aliphatic rings. The molecule has 3 aromatic rings. The van der Waals surface area contributed by atoms with Crippen molar-refractivity contribution in [3.63, 3.8) is 0 Å². The maximum absolute atomic E-state index is 12.4. The SMILES string of the molecule is Cn1cc(-c2ccc3cnc(CC(=O)CN4CC5CC5C4)cc3c2)cn1. The summed E-state index contributed by atoms with van der Waals surface area (Å²) in [6.07, 6.45) is 7.53. The number of nitrogens with zero attached hydrogens (tertiary/aromatic N) is 4. The molecule has 0 radical (unpaired) electrons. The highest BCUT2D eigenvalue weighted by molar-refractivity contribution is 5.88. The molecule has 5 heteroatoms. The number of benzene rings is 1. The van der Waals surface area contributed by atoms with Gasteiger partial charge in [0, 0.05) is 49.2 Å². The standard InChI is InChI=1S/C21H22N4O/c1-24-10-19(9-23-24)14-2-3-15-8-22-20(6-16(15)4-14)7-21(26)13-25-11-17-5-18(17)12-25/h2-4,6,8-10,17-18H,5,7,11-13H2,1H3. The van der Waals surface area contributed by atoms with Crippen LogP contribution in [0.3, 0.4) is 0 Å². The number of hydrogen-bond donors (Lipinski definition) is 0. The molecule has 2 unspecified atom stereocenters. The number of pyridine rings is 1. The number of aromatic nitrogens is 3. The summed E-state index contributed by atoms with van der Waals surface area (Å²) in [5.41, 5.74) is 3.08. The molecule has 5 nitrogen and oxygen atoms in total. The van der Waals surface area contributed by atoms with E-state index < -0.39 is 0 Å². The highest BCUT2D eigenvalue weighted by Gasteiger charge is 2.45. The van der Waals surface area contributed by atoms with Crippen molar-refractivity contribution in [3.8, 4) is 11.1 Å². The van der Waals surface area contributed by atoms with Crippen molar-refractivity contribution in [1.82, 2.24) is 19.7 Å². The Morgan fingerprint density at radius 1 is 1.12 bits per heavy atom. The average molecular weight is 346 g/mol. The number of likely N-dealkylation sites (tertiary alicyclic amines) is 1. The predicted molar refractivity (Wildman–Crippen MR) is 101 cm³/mol. The fraction of sp³-hybridized carbons (Fsp3) is 0.381. The number of rotatable bonds is 5. The molecule has 132 valence electrons. The van der Waals surface area contributed by atoms with Gasteiger partial charge in [-0.05, 0) is 41.3 Å². The molecule has 2 fully saturated rings. The third kappa shape index (κ3) is 3.03. The van der Waals surface area contributed by atoms with E-state index in [0.29, 0.717) is 13.0 Å². The van der Waals surface area contributed by atoms with Gasteiger partial charge < -0.3 is 0 Å². The van der Waals surface area contributed by atoms with Crippen LogP contribution in [0, 0.1) is 11.8 Å². The van der Waals surface area contributed by atoms with Gasteiger partial charge in [-0.3, -0.25) is 19.4 Å². The Bertz CT molecular complexity index is 983. The molecule has 0 amide bonds. The quantitative estimate of drug-likeness (QED) is 0.713. The van der Waals surface area contributed by atoms with E-state index in [4.69, 9.17) is 0 Å². The van der Waals surface area contributed by atoms with Crippen molar-refractivity contribution >= 4 is 16.6 Å². The average Bonchev–Trinajstić information content (AvgIpc) is 3.01. The number of hydrogen-bond acceptors (Lipinski definition) is 4. The first-order valence-electron chi connectivity index (χ1n) is 9.26. The van der Waals surface area contributed by atoms with E-state index in [9.17, 15) is 4.79 Å². The van der Waals surface area contributed by atoms with Crippen LogP contribution in [0.25, 0.3) is 21.9 Å². The second-order valence-corrected chi connectivity index (χ2v) is 7.81. The first-order valence-corrected chi connectivity index (χ1v) is 9.26. The Morgan fingerprint density at radius 3 is 2.73 bits per heavy atom. The molecule has 26 heavy (non-hydrogen) atoms. The zero-order valence-corrected chi connectivity index (χ0v) is 14.9. The van der Waals surface area contributed by atoms with Gasteiger partial charge in [-0.2, -0.15) is 5.10 Å². The van der Waals surface area contributed by atoms with Crippen LogP contribution >= 0.6 is 0 Å². The summed E-state index contributed by atoms with van der Waals surface area (Å²) in [5.74, 6) is 2.00. The number of fused-ring (bicyclic) bond motifs is 2. The molecule has 1 saturated carbocycles. The smallest absolute Gasteiger partial charge is 0.152 e. The van der Waals surface area contributed by atoms with Gasteiger partial charge in [0.15, 0.2) is 5.78 Å². The van der Waals surface area contributed by atoms with E-state index in [-0.39, 0.29) is 5.78 Å². The molecule has 0 bridgehead atoms. The fourth-order valence-electron chi connectivity index (χ4n) is 4.16. The Kier molecular flexibility index (Phi) is 3.64. The molecule has 1 saturated heterocycles. The molecular formula is C21H22N4O. The predicted octanol–water partition coefficient (Wildman–Crippen LogP) is 2.70. The lowest BCUT2D eigenvalue weighted by atomic mass is 10.0. The number of aryl methyl sites for hydroxylation is 1. The molecule has 1 aromatic carbocycles. The van der Waals surface area contributed by atoms with Gasteiger partial charge in [-0.15, -0.1) is 0 Å². The molecule has 3 heterocycles. The number of piperidine rings is 1. The maximum Gasteiger partial charge on any atom is 0.152 e. The number of Topliss-reactive ketones (excluding diaryl/α,β-unsaturated/α-hetero) is 1. The van der Waals surface area contributed by atoms with Gasteiger partial charge in [0.2, 0.25) is 0 Å². The zero-order valence-electron chi connectivity index (χ0n) is 14.9. The highest BCUT2D eigenvalue weighted by Crippen LogP contribution is 2.44. The van der Waals surface area contributed by atoms with Crippen LogP contribution < -0.4 is 0 Å². The molecule has 2 aromatic heterocycles. The first-order chi connectivity index (χ1) is 12.6. The lowest BCUT2D eigenvalue weighted by Crippen LogP contribution is -2.30. The summed E-state index contributed by atoms with van der Waals surface area (Å²) >= 11 is 0. The Balaban J connectivity index is 1.33. The molecule has 1 aliphatic heterocycles. The summed E-state index contributed by atoms with van der Waals surface area (Å²) < 4.78 is 1.80. The van der Waals surface area contributed by atoms with Crippen LogP contribution in [0.1, 0.15) is 12.1 Å². The second-order valence-electron chi connectivity index (χ2n) is 7.81. The van der Waals surface area contributed by atoms with Gasteiger partial charge in [0.25, 0.3) is 0 Å². The van der Waals surface area contributed by atoms with Gasteiger partial charge >= 0.3 is 0 Å². The molecular weight excluding hydrogens is 324 g/mol. The van der Waals surface area contributed by atoms with E-state index in [1.54, 1.807) is 4.68 Å². The fourth-order valence-corrected chi connectivity index (χ4v) is 4.16. The normalized spacial score (nSPS) is 21.9. The minimum atomic E-state index is 0.265. The van der Waals surface area contributed by atoms with E-state index in [1.807, 2.05) is 25.6 Å². The van der Waals surface area contributed by atoms with Crippen LogP contribution in [-0.2, 0) is 18.3 Å². The van der Waals surface area contributed by atoms with Crippen molar-refractivity contribution < 1.29 is 4.79 Å². The van der Waals surface area contributed by atoms with Crippen LogP contribution in [0.2, 0.25) is 0 Å². The third-order valence-corrected chi connectivity index (χ3v) is 5.65. The Labute approximate surface area is 152 Å². The highest BCUT2D eigenvalue weighted by atomic mass is 16.1. The molecule has 1 aliphatic carbocycles. The number of carbonyl (C=O) groups is 1. The summed E-state index contributed by atoms with van der Waals surface area (Å²) in [7, 11) is 1.92. The lowest BCUT2D eigenvalue weighted by Gasteiger charge is -2.15. The van der Waals surface area contributed by atoms with Crippen LogP contribution in [0.15, 0.2) is 42.9 Å². The second kappa shape index (κ2) is 6.02. The molecule has 0 N–H and O–H groups in total. The van der Waals surface area contributed by atoms with Gasteiger partial charge in [-0.1, -0.05) is 12.1 Å². The first kappa shape index (κ1) is 15.7. The maximum atomic E-state index is 12.4. The topological polar surface area (TPSA) is 51.0 Å². The van der Waals surface area contributed by atoms with Gasteiger partial charge in [-0.25, -0.2) is 0 Å². The van der Waals surface area contributed by atoms with Gasteiger partial charge in [0.1, 0.15) is 0 Å². The molecule has 0 spiro atoms. The summed E-state index contributed by atoms with van der Waals surface area (Å²) in [6.45, 7) is 2.79. The molecule has 2 atom stereocenters.